The Morgan fingerprint density at radius 1 is 1.26 bits per heavy atom. The molecule has 0 saturated carbocycles. The Hall–Kier alpha value is -1.42. The summed E-state index contributed by atoms with van der Waals surface area (Å²) in [7, 11) is 2.15. The van der Waals surface area contributed by atoms with Crippen LogP contribution >= 0.6 is 0 Å². The fourth-order valence-corrected chi connectivity index (χ4v) is 4.11. The predicted octanol–water partition coefficient (Wildman–Crippen LogP) is 1.59. The Balaban J connectivity index is 1.65. The van der Waals surface area contributed by atoms with Gasteiger partial charge >= 0.3 is 0 Å². The van der Waals surface area contributed by atoms with Gasteiger partial charge in [-0.2, -0.15) is 5.10 Å². The molecule has 1 spiro atoms. The summed E-state index contributed by atoms with van der Waals surface area (Å²) < 4.78 is 0. The lowest BCUT2D eigenvalue weighted by molar-refractivity contribution is -0.0473. The first-order valence-corrected chi connectivity index (χ1v) is 7.23. The molecule has 2 bridgehead atoms. The molecule has 1 aromatic rings. The SMILES string of the molecule is CN1N=C(c2ccccn2)CC12CN1CCC2CC1. The van der Waals surface area contributed by atoms with E-state index in [1.165, 1.54) is 32.5 Å². The number of nitrogens with zero attached hydrogens (tertiary/aromatic N) is 4. The monoisotopic (exact) mass is 256 g/mol. The summed E-state index contributed by atoms with van der Waals surface area (Å²) in [5, 5.41) is 7.06. The molecule has 0 N–H and O–H groups in total. The van der Waals surface area contributed by atoms with Gasteiger partial charge in [0.05, 0.1) is 16.9 Å². The number of fused-ring (bicyclic) bond motifs is 2. The van der Waals surface area contributed by atoms with Crippen molar-refractivity contribution < 1.29 is 0 Å². The molecule has 4 aliphatic rings. The largest absolute Gasteiger partial charge is 0.301 e. The quantitative estimate of drug-likeness (QED) is 0.764. The van der Waals surface area contributed by atoms with E-state index >= 15 is 0 Å². The molecule has 5 heterocycles. The van der Waals surface area contributed by atoms with Gasteiger partial charge in [0.2, 0.25) is 0 Å². The molecule has 100 valence electrons. The van der Waals surface area contributed by atoms with Crippen LogP contribution in [0.5, 0.6) is 0 Å². The van der Waals surface area contributed by atoms with Crippen LogP contribution in [0.15, 0.2) is 29.5 Å². The molecule has 0 aromatic carbocycles. The zero-order valence-electron chi connectivity index (χ0n) is 11.4. The highest BCUT2D eigenvalue weighted by atomic mass is 15.5. The summed E-state index contributed by atoms with van der Waals surface area (Å²) in [4.78, 5) is 7.07. The van der Waals surface area contributed by atoms with Crippen LogP contribution in [0, 0.1) is 5.92 Å². The smallest absolute Gasteiger partial charge is 0.0886 e. The van der Waals surface area contributed by atoms with Crippen LogP contribution in [0.3, 0.4) is 0 Å². The third-order valence-electron chi connectivity index (χ3n) is 5.19. The number of rotatable bonds is 1. The van der Waals surface area contributed by atoms with Gasteiger partial charge in [-0.05, 0) is 44.0 Å². The standard InChI is InChI=1S/C15H20N4/c1-18-15(11-19-8-5-12(15)6-9-19)10-14(17-18)13-4-2-3-7-16-13/h2-4,7,12H,5-6,8-11H2,1H3. The zero-order valence-corrected chi connectivity index (χ0v) is 11.4. The van der Waals surface area contributed by atoms with Crippen molar-refractivity contribution in [3.8, 4) is 0 Å². The Morgan fingerprint density at radius 2 is 2.11 bits per heavy atom. The van der Waals surface area contributed by atoms with Crippen LogP contribution in [0.25, 0.3) is 0 Å². The maximum Gasteiger partial charge on any atom is 0.0886 e. The van der Waals surface area contributed by atoms with E-state index in [4.69, 9.17) is 5.10 Å². The lowest BCUT2D eigenvalue weighted by Gasteiger charge is -2.54. The molecule has 4 nitrogen and oxygen atoms in total. The van der Waals surface area contributed by atoms with Gasteiger partial charge in [-0.3, -0.25) is 9.99 Å². The van der Waals surface area contributed by atoms with Crippen LogP contribution < -0.4 is 0 Å². The predicted molar refractivity (Wildman–Crippen MR) is 75.0 cm³/mol. The van der Waals surface area contributed by atoms with Gasteiger partial charge in [0, 0.05) is 26.2 Å². The number of aromatic nitrogens is 1. The van der Waals surface area contributed by atoms with Crippen molar-refractivity contribution in [3.05, 3.63) is 30.1 Å². The van der Waals surface area contributed by atoms with E-state index in [1.54, 1.807) is 0 Å². The summed E-state index contributed by atoms with van der Waals surface area (Å²) in [6, 6.07) is 6.09. The van der Waals surface area contributed by atoms with Crippen molar-refractivity contribution in [2.75, 3.05) is 26.7 Å². The average molecular weight is 256 g/mol. The minimum Gasteiger partial charge on any atom is -0.301 e. The fraction of sp³-hybridized carbons (Fsp3) is 0.600. The van der Waals surface area contributed by atoms with Gasteiger partial charge in [0.25, 0.3) is 0 Å². The van der Waals surface area contributed by atoms with Gasteiger partial charge in [0.15, 0.2) is 0 Å². The molecule has 5 rings (SSSR count). The molecule has 0 amide bonds. The summed E-state index contributed by atoms with van der Waals surface area (Å²) in [5.74, 6) is 0.799. The van der Waals surface area contributed by atoms with E-state index in [0.29, 0.717) is 0 Å². The van der Waals surface area contributed by atoms with Crippen molar-refractivity contribution in [1.29, 1.82) is 0 Å². The highest BCUT2D eigenvalue weighted by Crippen LogP contribution is 2.44. The summed E-state index contributed by atoms with van der Waals surface area (Å²) in [5.41, 5.74) is 2.45. The van der Waals surface area contributed by atoms with Gasteiger partial charge in [-0.25, -0.2) is 0 Å². The van der Waals surface area contributed by atoms with E-state index in [9.17, 15) is 0 Å². The molecule has 4 aliphatic heterocycles. The van der Waals surface area contributed by atoms with E-state index in [2.05, 4.69) is 28.0 Å². The summed E-state index contributed by atoms with van der Waals surface area (Å²) in [6.07, 6.45) is 5.58. The summed E-state index contributed by atoms with van der Waals surface area (Å²) in [6.45, 7) is 3.73. The number of likely N-dealkylation sites (N-methyl/N-ethyl adjacent to an activating group) is 1. The van der Waals surface area contributed by atoms with Gasteiger partial charge in [0.1, 0.15) is 0 Å². The van der Waals surface area contributed by atoms with Crippen molar-refractivity contribution in [2.24, 2.45) is 11.0 Å². The maximum atomic E-state index is 4.82. The number of piperidine rings is 3. The van der Waals surface area contributed by atoms with Crippen molar-refractivity contribution in [1.82, 2.24) is 14.9 Å². The minimum absolute atomic E-state index is 0.239. The van der Waals surface area contributed by atoms with Crippen LogP contribution in [-0.4, -0.2) is 52.8 Å². The molecule has 1 unspecified atom stereocenters. The molecule has 0 radical (unpaired) electrons. The first-order chi connectivity index (χ1) is 9.28. The second kappa shape index (κ2) is 4.04. The molecule has 1 atom stereocenters. The molecule has 19 heavy (non-hydrogen) atoms. The second-order valence-electron chi connectivity index (χ2n) is 6.12. The molecule has 3 saturated heterocycles. The van der Waals surface area contributed by atoms with E-state index < -0.39 is 0 Å². The summed E-state index contributed by atoms with van der Waals surface area (Å²) >= 11 is 0. The molecule has 1 aromatic heterocycles. The number of hydrazone groups is 1. The van der Waals surface area contributed by atoms with Crippen molar-refractivity contribution >= 4 is 5.71 Å². The second-order valence-corrected chi connectivity index (χ2v) is 6.12. The third-order valence-corrected chi connectivity index (χ3v) is 5.19. The number of pyridine rings is 1. The fourth-order valence-electron chi connectivity index (χ4n) is 4.11. The molecule has 0 aliphatic carbocycles. The van der Waals surface area contributed by atoms with Gasteiger partial charge < -0.3 is 4.90 Å². The lowest BCUT2D eigenvalue weighted by Crippen LogP contribution is -2.63. The average Bonchev–Trinajstić information content (AvgIpc) is 2.78. The number of hydrogen-bond acceptors (Lipinski definition) is 4. The number of hydrogen-bond donors (Lipinski definition) is 0. The van der Waals surface area contributed by atoms with Crippen LogP contribution in [0.1, 0.15) is 25.0 Å². The highest BCUT2D eigenvalue weighted by Gasteiger charge is 2.52. The Morgan fingerprint density at radius 3 is 2.74 bits per heavy atom. The molecular weight excluding hydrogens is 236 g/mol. The molecular formula is C15H20N4. The van der Waals surface area contributed by atoms with Crippen molar-refractivity contribution in [3.63, 3.8) is 0 Å². The Kier molecular flexibility index (Phi) is 2.42. The first kappa shape index (κ1) is 11.4. The zero-order chi connectivity index (χ0) is 12.9. The van der Waals surface area contributed by atoms with Crippen LogP contribution in [0.4, 0.5) is 0 Å². The lowest BCUT2D eigenvalue weighted by atomic mass is 9.70. The van der Waals surface area contributed by atoms with E-state index in [0.717, 1.165) is 23.7 Å². The van der Waals surface area contributed by atoms with E-state index in [-0.39, 0.29) is 5.54 Å². The highest BCUT2D eigenvalue weighted by molar-refractivity contribution is 6.00. The van der Waals surface area contributed by atoms with Crippen molar-refractivity contribution in [2.45, 2.75) is 24.8 Å². The Labute approximate surface area is 114 Å². The topological polar surface area (TPSA) is 31.7 Å². The van der Waals surface area contributed by atoms with Gasteiger partial charge in [-0.15, -0.1) is 0 Å². The third kappa shape index (κ3) is 1.62. The Bertz CT molecular complexity index is 504. The maximum absolute atomic E-state index is 4.82. The molecule has 4 heteroatoms. The van der Waals surface area contributed by atoms with Crippen LogP contribution in [-0.2, 0) is 0 Å². The van der Waals surface area contributed by atoms with E-state index in [1.807, 2.05) is 18.3 Å². The minimum atomic E-state index is 0.239. The molecule has 3 fully saturated rings. The van der Waals surface area contributed by atoms with Gasteiger partial charge in [-0.1, -0.05) is 6.07 Å². The van der Waals surface area contributed by atoms with Crippen LogP contribution in [0.2, 0.25) is 0 Å². The normalized spacial score (nSPS) is 36.9. The first-order valence-electron chi connectivity index (χ1n) is 7.23.